The summed E-state index contributed by atoms with van der Waals surface area (Å²) in [7, 11) is 1.29. The molecule has 1 fully saturated rings. The summed E-state index contributed by atoms with van der Waals surface area (Å²) in [6, 6.07) is 8.23. The highest BCUT2D eigenvalue weighted by Crippen LogP contribution is 2.19. The van der Waals surface area contributed by atoms with Crippen LogP contribution in [-0.4, -0.2) is 48.1 Å². The molecule has 0 bridgehead atoms. The van der Waals surface area contributed by atoms with Gasteiger partial charge >= 0.3 is 11.9 Å². The van der Waals surface area contributed by atoms with E-state index < -0.39 is 23.8 Å². The number of nitriles is 1. The molecule has 1 aliphatic heterocycles. The van der Waals surface area contributed by atoms with Crippen molar-refractivity contribution >= 4 is 23.5 Å². The van der Waals surface area contributed by atoms with Crippen molar-refractivity contribution in [2.75, 3.05) is 25.5 Å². The molecule has 8 heteroatoms. The fourth-order valence-corrected chi connectivity index (χ4v) is 2.62. The van der Waals surface area contributed by atoms with Gasteiger partial charge in [0, 0.05) is 25.0 Å². The van der Waals surface area contributed by atoms with Crippen molar-refractivity contribution in [3.05, 3.63) is 41.6 Å². The fraction of sp³-hybridized carbons (Fsp3) is 0.333. The smallest absolute Gasteiger partial charge is 0.337 e. The summed E-state index contributed by atoms with van der Waals surface area (Å²) in [5, 5.41) is 21.1. The Morgan fingerprint density at radius 2 is 1.88 bits per heavy atom. The molecule has 1 heterocycles. The number of carboxylic acid groups (broad SMARTS) is 1. The lowest BCUT2D eigenvalue weighted by molar-refractivity contribution is -0.145. The third kappa shape index (κ3) is 4.60. The van der Waals surface area contributed by atoms with Gasteiger partial charge in [-0.15, -0.1) is 0 Å². The summed E-state index contributed by atoms with van der Waals surface area (Å²) in [4.78, 5) is 36.2. The second-order valence-corrected chi connectivity index (χ2v) is 5.79. The molecule has 1 amide bonds. The number of hydrogen-bond donors (Lipinski definition) is 2. The topological polar surface area (TPSA) is 120 Å². The van der Waals surface area contributed by atoms with Crippen LogP contribution in [0.25, 0.3) is 0 Å². The number of nitrogens with one attached hydrogen (secondary N) is 1. The number of carbonyl (C=O) groups is 3. The van der Waals surface area contributed by atoms with E-state index in [9.17, 15) is 19.6 Å². The summed E-state index contributed by atoms with van der Waals surface area (Å²) in [5.74, 6) is -2.19. The first kappa shape index (κ1) is 19.0. The molecule has 1 aliphatic rings. The van der Waals surface area contributed by atoms with Crippen molar-refractivity contribution in [2.24, 2.45) is 5.92 Å². The van der Waals surface area contributed by atoms with E-state index in [0.29, 0.717) is 37.2 Å². The van der Waals surface area contributed by atoms with Crippen molar-refractivity contribution in [3.63, 3.8) is 0 Å². The SMILES string of the molecule is COC(=O)c1ccc(N/C=C(/C#N)C(=O)N2CCC(C(=O)O)CC2)cc1. The third-order valence-electron chi connectivity index (χ3n) is 4.17. The molecule has 0 radical (unpaired) electrons. The molecular weight excluding hydrogens is 338 g/mol. The molecule has 0 aromatic heterocycles. The number of carbonyl (C=O) groups excluding carboxylic acids is 2. The molecule has 0 spiro atoms. The lowest BCUT2D eigenvalue weighted by Crippen LogP contribution is -2.40. The number of piperidine rings is 1. The molecular formula is C18H19N3O5. The number of esters is 1. The van der Waals surface area contributed by atoms with Gasteiger partial charge in [-0.2, -0.15) is 5.26 Å². The van der Waals surface area contributed by atoms with Crippen LogP contribution in [0.3, 0.4) is 0 Å². The summed E-state index contributed by atoms with van der Waals surface area (Å²) in [6.45, 7) is 0.616. The maximum Gasteiger partial charge on any atom is 0.337 e. The van der Waals surface area contributed by atoms with E-state index in [2.05, 4.69) is 10.1 Å². The van der Waals surface area contributed by atoms with Crippen LogP contribution in [-0.2, 0) is 14.3 Å². The monoisotopic (exact) mass is 357 g/mol. The van der Waals surface area contributed by atoms with Gasteiger partial charge < -0.3 is 20.1 Å². The average molecular weight is 357 g/mol. The number of ether oxygens (including phenoxy) is 1. The van der Waals surface area contributed by atoms with Gasteiger partial charge in [0.2, 0.25) is 0 Å². The van der Waals surface area contributed by atoms with Crippen LogP contribution in [0.15, 0.2) is 36.0 Å². The quantitative estimate of drug-likeness (QED) is 0.467. The molecule has 2 N–H and O–H groups in total. The Hall–Kier alpha value is -3.34. The molecule has 1 aromatic rings. The summed E-state index contributed by atoms with van der Waals surface area (Å²) in [5.41, 5.74) is 0.915. The number of anilines is 1. The Kier molecular flexibility index (Phi) is 6.33. The molecule has 1 saturated heterocycles. The van der Waals surface area contributed by atoms with Crippen LogP contribution in [0, 0.1) is 17.2 Å². The fourth-order valence-electron chi connectivity index (χ4n) is 2.62. The molecule has 0 aliphatic carbocycles. The lowest BCUT2D eigenvalue weighted by atomic mass is 9.97. The van der Waals surface area contributed by atoms with Crippen LogP contribution in [0.5, 0.6) is 0 Å². The number of hydrogen-bond acceptors (Lipinski definition) is 6. The van der Waals surface area contributed by atoms with E-state index in [1.165, 1.54) is 18.2 Å². The predicted octanol–water partition coefficient (Wildman–Crippen LogP) is 1.62. The molecule has 1 aromatic carbocycles. The Labute approximate surface area is 150 Å². The summed E-state index contributed by atoms with van der Waals surface area (Å²) < 4.78 is 4.61. The first-order valence-corrected chi connectivity index (χ1v) is 8.03. The zero-order valence-electron chi connectivity index (χ0n) is 14.3. The highest BCUT2D eigenvalue weighted by atomic mass is 16.5. The molecule has 8 nitrogen and oxygen atoms in total. The van der Waals surface area contributed by atoms with E-state index in [4.69, 9.17) is 5.11 Å². The first-order valence-electron chi connectivity index (χ1n) is 8.03. The number of rotatable bonds is 5. The van der Waals surface area contributed by atoms with Crippen LogP contribution in [0.1, 0.15) is 23.2 Å². The van der Waals surface area contributed by atoms with Gasteiger partial charge in [-0.1, -0.05) is 0 Å². The predicted molar refractivity (Wildman–Crippen MR) is 92.0 cm³/mol. The largest absolute Gasteiger partial charge is 0.481 e. The minimum atomic E-state index is -0.856. The second kappa shape index (κ2) is 8.67. The van der Waals surface area contributed by atoms with E-state index in [-0.39, 0.29) is 5.57 Å². The molecule has 0 unspecified atom stereocenters. The standard InChI is InChI=1S/C18H19N3O5/c1-26-18(25)13-2-4-15(5-3-13)20-11-14(10-19)16(22)21-8-6-12(7-9-21)17(23)24/h2-5,11-12,20H,6-9H2,1H3,(H,23,24)/b14-11-. The van der Waals surface area contributed by atoms with Gasteiger partial charge in [-0.3, -0.25) is 9.59 Å². The minimum Gasteiger partial charge on any atom is -0.481 e. The Morgan fingerprint density at radius 3 is 2.38 bits per heavy atom. The highest BCUT2D eigenvalue weighted by molar-refractivity contribution is 5.97. The molecule has 136 valence electrons. The number of aliphatic carboxylic acids is 1. The normalized spacial score (nSPS) is 15.1. The number of carboxylic acids is 1. The van der Waals surface area contributed by atoms with Crippen molar-refractivity contribution in [1.82, 2.24) is 4.90 Å². The number of nitrogens with zero attached hydrogens (tertiary/aromatic N) is 2. The number of likely N-dealkylation sites (tertiary alicyclic amines) is 1. The van der Waals surface area contributed by atoms with Crippen molar-refractivity contribution in [3.8, 4) is 6.07 Å². The molecule has 0 atom stereocenters. The summed E-state index contributed by atoms with van der Waals surface area (Å²) in [6.07, 6.45) is 2.06. The third-order valence-corrected chi connectivity index (χ3v) is 4.17. The Bertz CT molecular complexity index is 756. The van der Waals surface area contributed by atoms with Gasteiger partial charge in [0.05, 0.1) is 18.6 Å². The lowest BCUT2D eigenvalue weighted by Gasteiger charge is -2.29. The minimum absolute atomic E-state index is 0.0733. The van der Waals surface area contributed by atoms with E-state index >= 15 is 0 Å². The average Bonchev–Trinajstić information content (AvgIpc) is 2.68. The van der Waals surface area contributed by atoms with E-state index in [1.807, 2.05) is 6.07 Å². The van der Waals surface area contributed by atoms with Crippen LogP contribution in [0.2, 0.25) is 0 Å². The van der Waals surface area contributed by atoms with Crippen molar-refractivity contribution in [1.29, 1.82) is 5.26 Å². The van der Waals surface area contributed by atoms with Gasteiger partial charge in [0.1, 0.15) is 11.6 Å². The molecule has 0 saturated carbocycles. The Balaban J connectivity index is 1.99. The van der Waals surface area contributed by atoms with Crippen molar-refractivity contribution < 1.29 is 24.2 Å². The van der Waals surface area contributed by atoms with Gasteiger partial charge in [-0.25, -0.2) is 4.79 Å². The van der Waals surface area contributed by atoms with Crippen LogP contribution in [0.4, 0.5) is 5.69 Å². The maximum atomic E-state index is 12.4. The van der Waals surface area contributed by atoms with E-state index in [1.54, 1.807) is 24.3 Å². The second-order valence-electron chi connectivity index (χ2n) is 5.79. The van der Waals surface area contributed by atoms with E-state index in [0.717, 1.165) is 0 Å². The van der Waals surface area contributed by atoms with Crippen LogP contribution >= 0.6 is 0 Å². The molecule has 2 rings (SSSR count). The molecule has 26 heavy (non-hydrogen) atoms. The highest BCUT2D eigenvalue weighted by Gasteiger charge is 2.28. The zero-order valence-corrected chi connectivity index (χ0v) is 14.3. The first-order chi connectivity index (χ1) is 12.5. The van der Waals surface area contributed by atoms with Gasteiger partial charge in [-0.05, 0) is 37.1 Å². The van der Waals surface area contributed by atoms with Crippen molar-refractivity contribution in [2.45, 2.75) is 12.8 Å². The van der Waals surface area contributed by atoms with Gasteiger partial charge in [0.15, 0.2) is 0 Å². The number of amides is 1. The maximum absolute atomic E-state index is 12.4. The number of methoxy groups -OCH3 is 1. The van der Waals surface area contributed by atoms with Crippen LogP contribution < -0.4 is 5.32 Å². The summed E-state index contributed by atoms with van der Waals surface area (Å²) >= 11 is 0. The van der Waals surface area contributed by atoms with Gasteiger partial charge in [0.25, 0.3) is 5.91 Å². The number of benzene rings is 1. The Morgan fingerprint density at radius 1 is 1.27 bits per heavy atom. The zero-order chi connectivity index (χ0) is 19.1.